The number of aliphatic hydroxyl groups is 1. The van der Waals surface area contributed by atoms with Gasteiger partial charge in [-0.2, -0.15) is 5.26 Å². The monoisotopic (exact) mass is 505 g/mol. The maximum Gasteiger partial charge on any atom is 0.311 e. The normalized spacial score (nSPS) is 16.6. The van der Waals surface area contributed by atoms with E-state index in [9.17, 15) is 29.9 Å². The van der Waals surface area contributed by atoms with Crippen molar-refractivity contribution in [1.82, 2.24) is 0 Å². The SMILES string of the molecule is COc1cc(/C(O)=C2/C(=O)C(=O)N(c3ccc(C#N)cc3)C2c2ccc(O)c([N+](=O)[O-])c2)ccc1Cl. The number of rotatable bonds is 5. The third kappa shape index (κ3) is 4.08. The van der Waals surface area contributed by atoms with Crippen molar-refractivity contribution in [3.8, 4) is 17.6 Å². The quantitative estimate of drug-likeness (QED) is 0.169. The Hall–Kier alpha value is -4.88. The van der Waals surface area contributed by atoms with Crippen LogP contribution in [0.5, 0.6) is 11.5 Å². The zero-order valence-corrected chi connectivity index (χ0v) is 19.3. The molecule has 1 heterocycles. The van der Waals surface area contributed by atoms with Crippen molar-refractivity contribution in [2.75, 3.05) is 12.0 Å². The third-order valence-corrected chi connectivity index (χ3v) is 5.97. The van der Waals surface area contributed by atoms with Gasteiger partial charge in [-0.3, -0.25) is 24.6 Å². The van der Waals surface area contributed by atoms with E-state index in [4.69, 9.17) is 21.6 Å². The number of anilines is 1. The van der Waals surface area contributed by atoms with Gasteiger partial charge < -0.3 is 14.9 Å². The van der Waals surface area contributed by atoms with Crippen molar-refractivity contribution < 1.29 is 29.5 Å². The van der Waals surface area contributed by atoms with Gasteiger partial charge in [0.25, 0.3) is 11.7 Å². The van der Waals surface area contributed by atoms with Crippen LogP contribution >= 0.6 is 11.6 Å². The maximum absolute atomic E-state index is 13.2. The number of aromatic hydroxyl groups is 1. The molecule has 3 aromatic rings. The van der Waals surface area contributed by atoms with Crippen LogP contribution in [0.4, 0.5) is 11.4 Å². The lowest BCUT2D eigenvalue weighted by Crippen LogP contribution is -2.29. The highest BCUT2D eigenvalue weighted by atomic mass is 35.5. The van der Waals surface area contributed by atoms with E-state index in [0.717, 1.165) is 17.0 Å². The molecular weight excluding hydrogens is 490 g/mol. The van der Waals surface area contributed by atoms with Gasteiger partial charge in [0.05, 0.1) is 40.3 Å². The Morgan fingerprint density at radius 1 is 1.14 bits per heavy atom. The number of nitriles is 1. The lowest BCUT2D eigenvalue weighted by Gasteiger charge is -2.25. The third-order valence-electron chi connectivity index (χ3n) is 5.66. The first-order valence-electron chi connectivity index (χ1n) is 10.3. The fourth-order valence-electron chi connectivity index (χ4n) is 3.93. The van der Waals surface area contributed by atoms with Crippen LogP contribution in [0, 0.1) is 21.4 Å². The summed E-state index contributed by atoms with van der Waals surface area (Å²) in [6, 6.07) is 14.1. The molecule has 1 fully saturated rings. The topological polar surface area (TPSA) is 154 Å². The molecule has 2 N–H and O–H groups in total. The number of nitrogens with zero attached hydrogens (tertiary/aromatic N) is 3. The second-order valence-corrected chi connectivity index (χ2v) is 8.09. The van der Waals surface area contributed by atoms with Gasteiger partial charge in [0.2, 0.25) is 0 Å². The summed E-state index contributed by atoms with van der Waals surface area (Å²) in [6.07, 6.45) is 0. The van der Waals surface area contributed by atoms with Gasteiger partial charge in [0.15, 0.2) is 5.75 Å². The first-order valence-corrected chi connectivity index (χ1v) is 10.7. The molecule has 0 bridgehead atoms. The van der Waals surface area contributed by atoms with Crippen LogP contribution in [-0.2, 0) is 9.59 Å². The Bertz CT molecular complexity index is 1490. The van der Waals surface area contributed by atoms with Crippen molar-refractivity contribution in [1.29, 1.82) is 5.26 Å². The zero-order valence-electron chi connectivity index (χ0n) is 18.5. The highest BCUT2D eigenvalue weighted by molar-refractivity contribution is 6.51. The van der Waals surface area contributed by atoms with Gasteiger partial charge in [0.1, 0.15) is 11.5 Å². The van der Waals surface area contributed by atoms with E-state index in [1.54, 1.807) is 0 Å². The van der Waals surface area contributed by atoms with Crippen LogP contribution in [0.15, 0.2) is 66.2 Å². The molecule has 1 aliphatic rings. The summed E-state index contributed by atoms with van der Waals surface area (Å²) in [5.74, 6) is -2.99. The molecule has 10 nitrogen and oxygen atoms in total. The molecule has 0 aromatic heterocycles. The van der Waals surface area contributed by atoms with Crippen molar-refractivity contribution in [3.63, 3.8) is 0 Å². The Kier molecular flexibility index (Phi) is 6.33. The summed E-state index contributed by atoms with van der Waals surface area (Å²) >= 11 is 6.06. The minimum Gasteiger partial charge on any atom is -0.507 e. The van der Waals surface area contributed by atoms with Gasteiger partial charge in [-0.05, 0) is 54.1 Å². The summed E-state index contributed by atoms with van der Waals surface area (Å²) in [5.41, 5.74) is -0.261. The maximum atomic E-state index is 13.2. The number of aliphatic hydroxyl groups excluding tert-OH is 1. The van der Waals surface area contributed by atoms with E-state index in [-0.39, 0.29) is 33.2 Å². The summed E-state index contributed by atoms with van der Waals surface area (Å²) < 4.78 is 5.17. The minimum absolute atomic E-state index is 0.0885. The molecule has 1 unspecified atom stereocenters. The van der Waals surface area contributed by atoms with Crippen LogP contribution in [0.2, 0.25) is 5.02 Å². The highest BCUT2D eigenvalue weighted by Gasteiger charge is 2.47. The Morgan fingerprint density at radius 3 is 2.44 bits per heavy atom. The Morgan fingerprint density at radius 2 is 1.83 bits per heavy atom. The van der Waals surface area contributed by atoms with E-state index in [2.05, 4.69) is 0 Å². The summed E-state index contributed by atoms with van der Waals surface area (Å²) in [4.78, 5) is 38.1. The Labute approximate surface area is 209 Å². The van der Waals surface area contributed by atoms with E-state index in [1.807, 2.05) is 6.07 Å². The number of hydrogen-bond donors (Lipinski definition) is 2. The molecule has 4 rings (SSSR count). The number of nitro groups is 1. The predicted molar refractivity (Wildman–Crippen MR) is 129 cm³/mol. The van der Waals surface area contributed by atoms with Gasteiger partial charge in [-0.1, -0.05) is 17.7 Å². The van der Waals surface area contributed by atoms with Crippen LogP contribution in [0.3, 0.4) is 0 Å². The number of benzene rings is 3. The molecule has 180 valence electrons. The molecule has 1 amide bonds. The van der Waals surface area contributed by atoms with Crippen LogP contribution < -0.4 is 9.64 Å². The number of hydrogen-bond acceptors (Lipinski definition) is 8. The lowest BCUT2D eigenvalue weighted by molar-refractivity contribution is -0.385. The fraction of sp³-hybridized carbons (Fsp3) is 0.0800. The number of phenols is 1. The van der Waals surface area contributed by atoms with Gasteiger partial charge in [-0.25, -0.2) is 0 Å². The number of carbonyl (C=O) groups is 2. The van der Waals surface area contributed by atoms with E-state index >= 15 is 0 Å². The molecule has 0 spiro atoms. The second-order valence-electron chi connectivity index (χ2n) is 7.68. The average molecular weight is 506 g/mol. The Balaban J connectivity index is 1.99. The molecule has 11 heteroatoms. The van der Waals surface area contributed by atoms with Crippen molar-refractivity contribution in [2.24, 2.45) is 0 Å². The smallest absolute Gasteiger partial charge is 0.311 e. The molecule has 3 aromatic carbocycles. The number of Topliss-reactive ketones (excluding diaryl/α,β-unsaturated/α-hetero) is 1. The van der Waals surface area contributed by atoms with Crippen molar-refractivity contribution in [2.45, 2.75) is 6.04 Å². The molecule has 0 radical (unpaired) electrons. The summed E-state index contributed by atoms with van der Waals surface area (Å²) in [5, 5.41) is 41.9. The minimum atomic E-state index is -1.29. The van der Waals surface area contributed by atoms with Crippen LogP contribution in [0.25, 0.3) is 5.76 Å². The van der Waals surface area contributed by atoms with Crippen molar-refractivity contribution in [3.05, 3.63) is 98.1 Å². The second kappa shape index (κ2) is 9.40. The number of nitro benzene ring substituents is 1. The molecule has 1 atom stereocenters. The summed E-state index contributed by atoms with van der Waals surface area (Å²) in [7, 11) is 1.37. The van der Waals surface area contributed by atoms with E-state index in [0.29, 0.717) is 5.56 Å². The van der Waals surface area contributed by atoms with E-state index < -0.39 is 39.9 Å². The predicted octanol–water partition coefficient (Wildman–Crippen LogP) is 4.46. The standard InChI is InChI=1S/C25H16ClN3O7/c1-36-20-11-15(4-8-17(20)26)23(31)21-22(14-5-9-19(30)18(10-14)29(34)35)28(25(33)24(21)32)16-6-2-13(12-27)3-7-16/h2-11,22,30-31H,1H3/b23-21-. The number of ether oxygens (including phenoxy) is 1. The van der Waals surface area contributed by atoms with Gasteiger partial charge in [0, 0.05) is 17.3 Å². The molecule has 1 aliphatic heterocycles. The van der Waals surface area contributed by atoms with E-state index in [1.165, 1.54) is 55.6 Å². The van der Waals surface area contributed by atoms with Crippen LogP contribution in [0.1, 0.15) is 22.7 Å². The number of halogens is 1. The molecule has 0 saturated carbocycles. The molecule has 0 aliphatic carbocycles. The molecule has 1 saturated heterocycles. The molecule has 36 heavy (non-hydrogen) atoms. The lowest BCUT2D eigenvalue weighted by atomic mass is 9.94. The highest BCUT2D eigenvalue weighted by Crippen LogP contribution is 2.44. The number of ketones is 1. The number of carbonyl (C=O) groups excluding carboxylic acids is 2. The first-order chi connectivity index (χ1) is 17.2. The average Bonchev–Trinajstić information content (AvgIpc) is 3.14. The van der Waals surface area contributed by atoms with Gasteiger partial charge in [-0.15, -0.1) is 0 Å². The number of amides is 1. The van der Waals surface area contributed by atoms with Gasteiger partial charge >= 0.3 is 5.69 Å². The molecular formula is C25H16ClN3O7. The summed E-state index contributed by atoms with van der Waals surface area (Å²) in [6.45, 7) is 0. The largest absolute Gasteiger partial charge is 0.507 e. The van der Waals surface area contributed by atoms with Crippen LogP contribution in [-0.4, -0.2) is 33.9 Å². The fourth-order valence-corrected chi connectivity index (χ4v) is 4.12. The number of methoxy groups -OCH3 is 1. The number of phenolic OH excluding ortho intramolecular Hbond substituents is 1. The zero-order chi connectivity index (χ0) is 26.1. The first kappa shape index (κ1) is 24.3. The van der Waals surface area contributed by atoms with Crippen molar-refractivity contribution >= 4 is 40.4 Å².